The first kappa shape index (κ1) is 19.6. The van der Waals surface area contributed by atoms with Gasteiger partial charge in [0.05, 0.1) is 18.2 Å². The van der Waals surface area contributed by atoms with Gasteiger partial charge in [0.1, 0.15) is 5.75 Å². The summed E-state index contributed by atoms with van der Waals surface area (Å²) in [5.41, 5.74) is 1.60. The number of benzene rings is 2. The Labute approximate surface area is 167 Å². The number of carbonyl (C=O) groups excluding carboxylic acids is 3. The molecule has 0 unspecified atom stereocenters. The molecule has 6 nitrogen and oxygen atoms in total. The second kappa shape index (κ2) is 7.86. The van der Waals surface area contributed by atoms with E-state index in [2.05, 4.69) is 6.58 Å². The molecule has 0 saturated heterocycles. The lowest BCUT2D eigenvalue weighted by molar-refractivity contribution is 0.0671. The Morgan fingerprint density at radius 1 is 1.18 bits per heavy atom. The molecule has 3 amide bonds. The van der Waals surface area contributed by atoms with E-state index in [1.165, 1.54) is 23.1 Å². The summed E-state index contributed by atoms with van der Waals surface area (Å²) in [4.78, 5) is 40.2. The summed E-state index contributed by atoms with van der Waals surface area (Å²) in [5, 5.41) is 0.542. The van der Waals surface area contributed by atoms with Gasteiger partial charge in [-0.25, -0.2) is 0 Å². The minimum atomic E-state index is -0.422. The first-order valence-corrected chi connectivity index (χ1v) is 8.94. The summed E-state index contributed by atoms with van der Waals surface area (Å²) in [6.45, 7) is 3.96. The molecule has 2 aromatic carbocycles. The van der Waals surface area contributed by atoms with E-state index in [0.29, 0.717) is 21.9 Å². The molecule has 0 radical (unpaired) electrons. The van der Waals surface area contributed by atoms with Gasteiger partial charge >= 0.3 is 0 Å². The first-order valence-electron chi connectivity index (χ1n) is 8.56. The van der Waals surface area contributed by atoms with Crippen LogP contribution in [0.5, 0.6) is 5.75 Å². The number of carbonyl (C=O) groups is 3. The van der Waals surface area contributed by atoms with Crippen LogP contribution < -0.4 is 4.74 Å². The number of halogens is 1. The molecule has 3 rings (SSSR count). The van der Waals surface area contributed by atoms with Gasteiger partial charge in [-0.2, -0.15) is 0 Å². The highest BCUT2D eigenvalue weighted by Gasteiger charge is 2.35. The number of hydrogen-bond donors (Lipinski definition) is 0. The number of nitrogens with zero attached hydrogens (tertiary/aromatic N) is 2. The van der Waals surface area contributed by atoms with Gasteiger partial charge < -0.3 is 9.64 Å². The Balaban J connectivity index is 1.85. The summed E-state index contributed by atoms with van der Waals surface area (Å²) >= 11 is 6.05. The molecule has 0 aliphatic carbocycles. The van der Waals surface area contributed by atoms with Crippen molar-refractivity contribution in [1.29, 1.82) is 0 Å². The van der Waals surface area contributed by atoms with E-state index in [4.69, 9.17) is 16.3 Å². The lowest BCUT2D eigenvalue weighted by Crippen LogP contribution is -2.29. The highest BCUT2D eigenvalue weighted by molar-refractivity contribution is 6.30. The molecule has 1 heterocycles. The van der Waals surface area contributed by atoms with Crippen LogP contribution in [0.4, 0.5) is 0 Å². The van der Waals surface area contributed by atoms with Crippen molar-refractivity contribution < 1.29 is 19.1 Å². The number of fused-ring (bicyclic) bond motifs is 1. The van der Waals surface area contributed by atoms with E-state index in [9.17, 15) is 14.4 Å². The maximum absolute atomic E-state index is 12.9. The summed E-state index contributed by atoms with van der Waals surface area (Å²) in [5.74, 6) is -0.462. The van der Waals surface area contributed by atoms with E-state index in [-0.39, 0.29) is 30.5 Å². The quantitative estimate of drug-likeness (QED) is 0.552. The number of methoxy groups -OCH3 is 1. The second-order valence-electron chi connectivity index (χ2n) is 6.39. The van der Waals surface area contributed by atoms with Crippen LogP contribution in [0, 0.1) is 0 Å². The Kier molecular flexibility index (Phi) is 5.51. The van der Waals surface area contributed by atoms with Crippen LogP contribution in [0.2, 0.25) is 5.02 Å². The first-order chi connectivity index (χ1) is 13.4. The van der Waals surface area contributed by atoms with Crippen LogP contribution in [0.15, 0.2) is 49.1 Å². The fourth-order valence-electron chi connectivity index (χ4n) is 3.14. The number of amides is 3. The molecule has 0 saturated carbocycles. The van der Waals surface area contributed by atoms with Gasteiger partial charge in [-0.15, -0.1) is 6.58 Å². The largest absolute Gasteiger partial charge is 0.496 e. The van der Waals surface area contributed by atoms with Crippen LogP contribution in [-0.2, 0) is 6.54 Å². The number of hydrogen-bond acceptors (Lipinski definition) is 4. The highest BCUT2D eigenvalue weighted by atomic mass is 35.5. The Bertz CT molecular complexity index is 986. The molecule has 0 aromatic heterocycles. The standard InChI is InChI=1S/C21H19ClN2O4/c1-4-9-24-20(26)16-7-5-13(11-17(16)21(24)27)19(25)23(2)12-14-10-15(22)6-8-18(14)28-3/h4-8,10-11H,1,9,12H2,2-3H3. The number of rotatable bonds is 6. The van der Waals surface area contributed by atoms with E-state index in [1.54, 1.807) is 38.4 Å². The maximum Gasteiger partial charge on any atom is 0.261 e. The van der Waals surface area contributed by atoms with Crippen LogP contribution in [0.3, 0.4) is 0 Å². The minimum Gasteiger partial charge on any atom is -0.496 e. The Hall–Kier alpha value is -3.12. The topological polar surface area (TPSA) is 66.9 Å². The fourth-order valence-corrected chi connectivity index (χ4v) is 3.33. The van der Waals surface area contributed by atoms with Gasteiger partial charge in [0.15, 0.2) is 0 Å². The minimum absolute atomic E-state index is 0.129. The lowest BCUT2D eigenvalue weighted by atomic mass is 10.0. The number of imide groups is 1. The van der Waals surface area contributed by atoms with Crippen molar-refractivity contribution in [2.45, 2.75) is 6.54 Å². The lowest BCUT2D eigenvalue weighted by Gasteiger charge is -2.19. The maximum atomic E-state index is 12.9. The monoisotopic (exact) mass is 398 g/mol. The van der Waals surface area contributed by atoms with Crippen LogP contribution >= 0.6 is 11.6 Å². The van der Waals surface area contributed by atoms with Gasteiger partial charge in [-0.05, 0) is 36.4 Å². The normalized spacial score (nSPS) is 12.8. The van der Waals surface area contributed by atoms with E-state index in [1.807, 2.05) is 0 Å². The van der Waals surface area contributed by atoms with Crippen molar-refractivity contribution in [3.8, 4) is 5.75 Å². The third kappa shape index (κ3) is 3.51. The van der Waals surface area contributed by atoms with Crippen LogP contribution in [0.25, 0.3) is 0 Å². The van der Waals surface area contributed by atoms with Gasteiger partial charge in [0.25, 0.3) is 17.7 Å². The van der Waals surface area contributed by atoms with Crippen molar-refractivity contribution in [2.24, 2.45) is 0 Å². The molecule has 0 fully saturated rings. The third-order valence-electron chi connectivity index (χ3n) is 4.53. The summed E-state index contributed by atoms with van der Waals surface area (Å²) in [6.07, 6.45) is 1.49. The molecule has 7 heteroatoms. The molecular weight excluding hydrogens is 380 g/mol. The molecule has 2 aromatic rings. The zero-order chi connectivity index (χ0) is 20.4. The molecule has 0 atom stereocenters. The zero-order valence-electron chi connectivity index (χ0n) is 15.6. The molecule has 0 N–H and O–H groups in total. The average Bonchev–Trinajstić information content (AvgIpc) is 2.92. The molecular formula is C21H19ClN2O4. The summed E-state index contributed by atoms with van der Waals surface area (Å²) in [6, 6.07) is 9.72. The molecule has 144 valence electrons. The van der Waals surface area contributed by atoms with Crippen LogP contribution in [0.1, 0.15) is 36.6 Å². The molecule has 0 spiro atoms. The zero-order valence-corrected chi connectivity index (χ0v) is 16.3. The average molecular weight is 399 g/mol. The van der Waals surface area contributed by atoms with Crippen molar-refractivity contribution in [3.05, 3.63) is 76.3 Å². The SMILES string of the molecule is C=CCN1C(=O)c2ccc(C(=O)N(C)Cc3cc(Cl)ccc3OC)cc2C1=O. The summed E-state index contributed by atoms with van der Waals surface area (Å²) in [7, 11) is 3.19. The van der Waals surface area contributed by atoms with Gasteiger partial charge in [-0.3, -0.25) is 19.3 Å². The molecule has 1 aliphatic heterocycles. The Morgan fingerprint density at radius 3 is 2.57 bits per heavy atom. The predicted octanol–water partition coefficient (Wildman–Crippen LogP) is 3.40. The molecule has 1 aliphatic rings. The van der Waals surface area contributed by atoms with Gasteiger partial charge in [-0.1, -0.05) is 17.7 Å². The van der Waals surface area contributed by atoms with Crippen molar-refractivity contribution in [2.75, 3.05) is 20.7 Å². The second-order valence-corrected chi connectivity index (χ2v) is 6.82. The smallest absolute Gasteiger partial charge is 0.261 e. The number of ether oxygens (including phenoxy) is 1. The van der Waals surface area contributed by atoms with Crippen molar-refractivity contribution >= 4 is 29.3 Å². The Morgan fingerprint density at radius 2 is 1.89 bits per heavy atom. The van der Waals surface area contributed by atoms with Crippen molar-refractivity contribution in [3.63, 3.8) is 0 Å². The van der Waals surface area contributed by atoms with E-state index < -0.39 is 5.91 Å². The predicted molar refractivity (Wildman–Crippen MR) is 106 cm³/mol. The van der Waals surface area contributed by atoms with E-state index >= 15 is 0 Å². The van der Waals surface area contributed by atoms with E-state index in [0.717, 1.165) is 10.5 Å². The molecule has 28 heavy (non-hydrogen) atoms. The highest BCUT2D eigenvalue weighted by Crippen LogP contribution is 2.26. The van der Waals surface area contributed by atoms with Gasteiger partial charge in [0, 0.05) is 36.3 Å². The molecule has 0 bridgehead atoms. The van der Waals surface area contributed by atoms with Crippen molar-refractivity contribution in [1.82, 2.24) is 9.80 Å². The van der Waals surface area contributed by atoms with Crippen LogP contribution in [-0.4, -0.2) is 48.2 Å². The fraction of sp³-hybridized carbons (Fsp3) is 0.190. The third-order valence-corrected chi connectivity index (χ3v) is 4.76. The summed E-state index contributed by atoms with van der Waals surface area (Å²) < 4.78 is 5.32. The van der Waals surface area contributed by atoms with Gasteiger partial charge in [0.2, 0.25) is 0 Å².